The molecule has 334 valence electrons. The number of carbonyl (C=O) groups is 2. The number of phenolic OH excluding ortho intramolecular Hbond substituents is 1. The number of fused-ring (bicyclic) bond motifs is 6. The molecule has 0 bridgehead atoms. The summed E-state index contributed by atoms with van der Waals surface area (Å²) in [6, 6.07) is 14.8. The maximum atomic E-state index is 15.2. The van der Waals surface area contributed by atoms with Crippen LogP contribution in [0.3, 0.4) is 0 Å². The molecule has 4 unspecified atom stereocenters. The van der Waals surface area contributed by atoms with Crippen LogP contribution in [-0.2, 0) is 43.2 Å². The van der Waals surface area contributed by atoms with E-state index in [-0.39, 0.29) is 48.9 Å². The van der Waals surface area contributed by atoms with Crippen LogP contribution in [0.2, 0.25) is 5.02 Å². The fourth-order valence-electron chi connectivity index (χ4n) is 10.3. The van der Waals surface area contributed by atoms with Gasteiger partial charge in [-0.1, -0.05) is 23.7 Å². The van der Waals surface area contributed by atoms with Gasteiger partial charge in [-0.3, -0.25) is 19.1 Å². The number of aromatic nitrogens is 7. The molecule has 0 spiro atoms. The molecular weight excluding hydrogens is 876 g/mol. The van der Waals surface area contributed by atoms with Crippen LogP contribution in [0, 0.1) is 18.3 Å². The van der Waals surface area contributed by atoms with Crippen molar-refractivity contribution in [2.75, 3.05) is 26.2 Å². The maximum Gasteiger partial charge on any atom is 0.347 e. The lowest BCUT2D eigenvalue weighted by Crippen LogP contribution is -2.49. The van der Waals surface area contributed by atoms with Gasteiger partial charge in [-0.2, -0.15) is 5.10 Å². The Labute approximate surface area is 378 Å². The lowest BCUT2D eigenvalue weighted by atomic mass is 9.56. The van der Waals surface area contributed by atoms with Gasteiger partial charge in [0, 0.05) is 60.9 Å². The van der Waals surface area contributed by atoms with Gasteiger partial charge in [-0.05, 0) is 72.7 Å². The molecule has 19 heteroatoms. The molecule has 1 saturated heterocycles. The summed E-state index contributed by atoms with van der Waals surface area (Å²) in [6.45, 7) is 3.57. The van der Waals surface area contributed by atoms with Crippen LogP contribution in [-0.4, -0.2) is 71.5 Å². The highest BCUT2D eigenvalue weighted by Gasteiger charge is 2.66. The second-order valence-corrected chi connectivity index (χ2v) is 18.3. The Morgan fingerprint density at radius 2 is 1.66 bits per heavy atom. The number of halogens is 1. The summed E-state index contributed by atoms with van der Waals surface area (Å²) in [4.78, 5) is 79.3. The number of nitrogens with zero attached hydrogens (tertiary/aromatic N) is 8. The van der Waals surface area contributed by atoms with E-state index in [1.807, 2.05) is 31.2 Å². The van der Waals surface area contributed by atoms with E-state index < -0.39 is 52.0 Å². The monoisotopic (exact) mass is 918 g/mol. The molecule has 4 atom stereocenters. The summed E-state index contributed by atoms with van der Waals surface area (Å²) in [5.41, 5.74) is 0.785. The van der Waals surface area contributed by atoms with E-state index in [9.17, 15) is 19.5 Å². The zero-order valence-electron chi connectivity index (χ0n) is 36.4. The predicted molar refractivity (Wildman–Crippen MR) is 244 cm³/mol. The Balaban J connectivity index is 1.05. The summed E-state index contributed by atoms with van der Waals surface area (Å²) in [6.07, 6.45) is 1.81. The van der Waals surface area contributed by atoms with Gasteiger partial charge < -0.3 is 23.9 Å². The molecule has 3 aromatic carbocycles. The molecule has 6 heterocycles. The summed E-state index contributed by atoms with van der Waals surface area (Å²) >= 11 is 7.87. The van der Waals surface area contributed by atoms with Crippen molar-refractivity contribution in [3.05, 3.63) is 119 Å². The zero-order valence-corrected chi connectivity index (χ0v) is 38.0. The Morgan fingerprint density at radius 1 is 0.923 bits per heavy atom. The van der Waals surface area contributed by atoms with Crippen molar-refractivity contribution in [3.63, 3.8) is 0 Å². The molecule has 1 saturated carbocycles. The number of rotatable bonds is 9. The van der Waals surface area contributed by atoms with E-state index in [2.05, 4.69) is 4.98 Å². The molecule has 3 aliphatic rings. The molecule has 2 amide bonds. The van der Waals surface area contributed by atoms with Gasteiger partial charge in [-0.25, -0.2) is 33.4 Å². The number of carbonyl (C=O) groups excluding carboxylic acids is 2. The minimum atomic E-state index is -1.40. The smallest absolute Gasteiger partial charge is 0.347 e. The summed E-state index contributed by atoms with van der Waals surface area (Å²) in [5.74, 6) is -1.57. The highest BCUT2D eigenvalue weighted by atomic mass is 35.5. The van der Waals surface area contributed by atoms with Gasteiger partial charge in [0.1, 0.15) is 17.2 Å². The van der Waals surface area contributed by atoms with E-state index >= 15 is 9.59 Å². The number of amides is 2. The number of hydrogen-bond acceptors (Lipinski definition) is 12. The Hall–Kier alpha value is -6.92. The number of ether oxygens (including phenoxy) is 3. The predicted octanol–water partition coefficient (Wildman–Crippen LogP) is 5.47. The molecular formula is C46H43ClN8O9S. The molecule has 4 aromatic heterocycles. The first-order chi connectivity index (χ1) is 31.1. The van der Waals surface area contributed by atoms with Crippen molar-refractivity contribution >= 4 is 61.7 Å². The quantitative estimate of drug-likeness (QED) is 0.143. The number of methoxy groups -OCH3 is 3. The second kappa shape index (κ2) is 15.1. The minimum absolute atomic E-state index is 0.0133. The minimum Gasteiger partial charge on any atom is -0.504 e. The molecule has 2 aliphatic heterocycles. The van der Waals surface area contributed by atoms with E-state index in [1.54, 1.807) is 51.4 Å². The van der Waals surface area contributed by atoms with E-state index in [0.29, 0.717) is 44.4 Å². The molecule has 10 rings (SSSR count). The Morgan fingerprint density at radius 3 is 2.38 bits per heavy atom. The average molecular weight is 919 g/mol. The highest BCUT2D eigenvalue weighted by Crippen LogP contribution is 2.61. The largest absolute Gasteiger partial charge is 0.504 e. The first-order valence-electron chi connectivity index (χ1n) is 20.8. The van der Waals surface area contributed by atoms with Crippen LogP contribution in [0.25, 0.3) is 31.7 Å². The van der Waals surface area contributed by atoms with Gasteiger partial charge in [0.05, 0.1) is 61.2 Å². The lowest BCUT2D eigenvalue weighted by molar-refractivity contribution is -0.129. The van der Waals surface area contributed by atoms with Gasteiger partial charge in [0.15, 0.2) is 23.0 Å². The van der Waals surface area contributed by atoms with Crippen LogP contribution in [0.15, 0.2) is 80.6 Å². The summed E-state index contributed by atoms with van der Waals surface area (Å²) in [5, 5.41) is 17.5. The molecule has 7 aromatic rings. The van der Waals surface area contributed by atoms with Crippen LogP contribution < -0.4 is 36.0 Å². The average Bonchev–Trinajstić information content (AvgIpc) is 3.96. The van der Waals surface area contributed by atoms with E-state index in [4.69, 9.17) is 30.9 Å². The number of hydrogen-bond donors (Lipinski definition) is 1. The molecule has 17 nitrogen and oxygen atoms in total. The van der Waals surface area contributed by atoms with Gasteiger partial charge in [0.25, 0.3) is 5.56 Å². The zero-order chi connectivity index (χ0) is 46.0. The number of anilines is 1. The first-order valence-corrected chi connectivity index (χ1v) is 22.0. The van der Waals surface area contributed by atoms with Crippen molar-refractivity contribution in [1.29, 1.82) is 0 Å². The molecule has 2 fully saturated rings. The number of benzene rings is 3. The standard InChI is InChI=1S/C46H43ClN8O9S/c1-22-26-17-24(47)9-11-37(26)65-40(22)30-20-38(51(4)49-30)54-41(57)27-18-31-25(39(46(27,2)43(54)59)23-8-10-34(62-5)33(56)16-23)12-15-53-44(60)52(45(61)55(31)53)14-13-28-42(58)50(3)32-21-36(64-7)35(63-6)19-29(32)48-28/h8-12,16-17,19-21,27,31,39,56H,13-15,18H2,1-7H3. The van der Waals surface area contributed by atoms with Gasteiger partial charge in [-0.15, -0.1) is 11.3 Å². The maximum absolute atomic E-state index is 15.2. The SMILES string of the molecule is COc1ccc(C2C3=CCn4c(=O)n(CCc5nc6cc(OC)c(OC)cc6n(C)c5=O)c(=O)n4C3CC3C(=O)N(c4cc(-c5sc6ccc(Cl)cc6c5C)nn4C)C(=O)C32C)cc1O. The topological polar surface area (TPSA) is 187 Å². The molecule has 1 N–H and O–H groups in total. The van der Waals surface area contributed by atoms with Crippen molar-refractivity contribution in [3.8, 4) is 33.6 Å². The summed E-state index contributed by atoms with van der Waals surface area (Å²) in [7, 11) is 7.71. The number of allylic oxidation sites excluding steroid dienone is 2. The summed E-state index contributed by atoms with van der Waals surface area (Å²) < 4.78 is 24.0. The highest BCUT2D eigenvalue weighted by molar-refractivity contribution is 7.22. The van der Waals surface area contributed by atoms with E-state index in [0.717, 1.165) is 25.1 Å². The third-order valence-corrected chi connectivity index (χ3v) is 15.1. The van der Waals surface area contributed by atoms with E-state index in [1.165, 1.54) is 62.2 Å². The van der Waals surface area contributed by atoms with Gasteiger partial charge in [0.2, 0.25) is 11.8 Å². The van der Waals surface area contributed by atoms with Crippen LogP contribution in [0.4, 0.5) is 5.82 Å². The lowest BCUT2D eigenvalue weighted by Gasteiger charge is -2.47. The van der Waals surface area contributed by atoms with Crippen molar-refractivity contribution in [2.24, 2.45) is 25.4 Å². The number of phenols is 1. The number of imide groups is 1. The second-order valence-electron chi connectivity index (χ2n) is 16.9. The number of aromatic hydroxyl groups is 1. The Bertz CT molecular complexity index is 3430. The van der Waals surface area contributed by atoms with Crippen molar-refractivity contribution < 1.29 is 28.9 Å². The third-order valence-electron chi connectivity index (χ3n) is 13.6. The molecule has 65 heavy (non-hydrogen) atoms. The Kier molecular flexibility index (Phi) is 9.76. The normalized spacial score (nSPS) is 20.3. The van der Waals surface area contributed by atoms with Crippen molar-refractivity contribution in [2.45, 2.75) is 51.7 Å². The third kappa shape index (κ3) is 6.06. The first kappa shape index (κ1) is 42.1. The van der Waals surface area contributed by atoms with Gasteiger partial charge >= 0.3 is 11.4 Å². The van der Waals surface area contributed by atoms with Crippen LogP contribution >= 0.6 is 22.9 Å². The fourth-order valence-corrected chi connectivity index (χ4v) is 11.6. The van der Waals surface area contributed by atoms with Crippen molar-refractivity contribution in [1.82, 2.24) is 33.3 Å². The molecule has 1 aliphatic carbocycles. The number of thiophene rings is 1. The fraction of sp³-hybridized carbons (Fsp3) is 0.326. The van der Waals surface area contributed by atoms with Crippen LogP contribution in [0.5, 0.6) is 23.0 Å². The molecule has 0 radical (unpaired) electrons. The number of aryl methyl sites for hydroxylation is 4. The van der Waals surface area contributed by atoms with Crippen LogP contribution in [0.1, 0.15) is 42.1 Å².